The molecule has 2 atom stereocenters. The van der Waals surface area contributed by atoms with Crippen LogP contribution in [-0.2, 0) is 9.78 Å². The van der Waals surface area contributed by atoms with E-state index in [9.17, 15) is 10.2 Å². The van der Waals surface area contributed by atoms with Gasteiger partial charge in [0, 0.05) is 0 Å². The fourth-order valence-corrected chi connectivity index (χ4v) is 1.68. The Hall–Kier alpha value is -0.160. The monoisotopic (exact) mass is 262 g/mol. The van der Waals surface area contributed by atoms with E-state index in [4.69, 9.17) is 9.78 Å². The molecule has 0 fully saturated rings. The van der Waals surface area contributed by atoms with Crippen LogP contribution in [0.1, 0.15) is 65.2 Å². The summed E-state index contributed by atoms with van der Waals surface area (Å²) in [7, 11) is 0. The maximum atomic E-state index is 9.55. The summed E-state index contributed by atoms with van der Waals surface area (Å²) in [6, 6.07) is 0. The predicted octanol–water partition coefficient (Wildman–Crippen LogP) is 2.82. The first-order chi connectivity index (χ1) is 8.70. The minimum absolute atomic E-state index is 0.186. The van der Waals surface area contributed by atoms with Gasteiger partial charge in [0.15, 0.2) is 0 Å². The standard InChI is InChI=1S/C14H30O4/c1-3-5-7-9-13(15)11-17-18-12-14(16)10-8-6-4-2/h13-16H,3-12H2,1-2H3. The minimum atomic E-state index is -0.464. The number of aliphatic hydroxyl groups is 2. The minimum Gasteiger partial charge on any atom is -0.391 e. The van der Waals surface area contributed by atoms with E-state index in [1.165, 1.54) is 0 Å². The second-order valence-electron chi connectivity index (χ2n) is 4.87. The Morgan fingerprint density at radius 3 is 1.44 bits per heavy atom. The number of aliphatic hydroxyl groups excluding tert-OH is 2. The lowest BCUT2D eigenvalue weighted by molar-refractivity contribution is -0.315. The van der Waals surface area contributed by atoms with Crippen LogP contribution in [-0.4, -0.2) is 35.6 Å². The highest BCUT2D eigenvalue weighted by Crippen LogP contribution is 2.05. The predicted molar refractivity (Wildman–Crippen MR) is 72.2 cm³/mol. The normalized spacial score (nSPS) is 14.7. The number of unbranched alkanes of at least 4 members (excludes halogenated alkanes) is 4. The Labute approximate surface area is 111 Å². The molecule has 0 aliphatic rings. The van der Waals surface area contributed by atoms with Crippen molar-refractivity contribution in [2.45, 2.75) is 77.4 Å². The van der Waals surface area contributed by atoms with Gasteiger partial charge in [-0.3, -0.25) is 0 Å². The van der Waals surface area contributed by atoms with Gasteiger partial charge in [0.25, 0.3) is 0 Å². The number of hydrogen-bond donors (Lipinski definition) is 2. The van der Waals surface area contributed by atoms with E-state index in [1.807, 2.05) is 0 Å². The van der Waals surface area contributed by atoms with E-state index in [0.29, 0.717) is 0 Å². The zero-order valence-electron chi connectivity index (χ0n) is 11.9. The number of hydrogen-bond acceptors (Lipinski definition) is 4. The second kappa shape index (κ2) is 13.3. The molecule has 4 heteroatoms. The zero-order valence-corrected chi connectivity index (χ0v) is 11.9. The first-order valence-corrected chi connectivity index (χ1v) is 7.31. The van der Waals surface area contributed by atoms with Crippen molar-refractivity contribution >= 4 is 0 Å². The van der Waals surface area contributed by atoms with Crippen LogP contribution in [0, 0.1) is 0 Å². The van der Waals surface area contributed by atoms with Gasteiger partial charge >= 0.3 is 0 Å². The first-order valence-electron chi connectivity index (χ1n) is 7.31. The summed E-state index contributed by atoms with van der Waals surface area (Å²) in [6.07, 6.45) is 7.15. The summed E-state index contributed by atoms with van der Waals surface area (Å²) in [5.41, 5.74) is 0. The average Bonchev–Trinajstić information content (AvgIpc) is 2.35. The third-order valence-electron chi connectivity index (χ3n) is 2.89. The molecule has 0 aliphatic heterocycles. The molecule has 0 rings (SSSR count). The Balaban J connectivity index is 3.27. The van der Waals surface area contributed by atoms with E-state index in [2.05, 4.69) is 13.8 Å². The Morgan fingerprint density at radius 1 is 0.722 bits per heavy atom. The van der Waals surface area contributed by atoms with E-state index in [1.54, 1.807) is 0 Å². The van der Waals surface area contributed by atoms with Crippen molar-refractivity contribution in [3.8, 4) is 0 Å². The van der Waals surface area contributed by atoms with Gasteiger partial charge in [-0.2, -0.15) is 0 Å². The molecule has 2 unspecified atom stereocenters. The lowest BCUT2D eigenvalue weighted by Crippen LogP contribution is -2.19. The molecular formula is C14H30O4. The molecule has 0 aromatic heterocycles. The van der Waals surface area contributed by atoms with Crippen molar-refractivity contribution in [1.82, 2.24) is 0 Å². The van der Waals surface area contributed by atoms with E-state index >= 15 is 0 Å². The molecule has 0 amide bonds. The topological polar surface area (TPSA) is 58.9 Å². The SMILES string of the molecule is CCCCCC(O)COOCC(O)CCCCC. The second-order valence-corrected chi connectivity index (χ2v) is 4.87. The fourth-order valence-electron chi connectivity index (χ4n) is 1.68. The summed E-state index contributed by atoms with van der Waals surface area (Å²) in [4.78, 5) is 9.79. The van der Waals surface area contributed by atoms with E-state index < -0.39 is 12.2 Å². The smallest absolute Gasteiger partial charge is 0.108 e. The van der Waals surface area contributed by atoms with Crippen LogP contribution in [0.4, 0.5) is 0 Å². The van der Waals surface area contributed by atoms with Crippen molar-refractivity contribution in [1.29, 1.82) is 0 Å². The van der Waals surface area contributed by atoms with Crippen molar-refractivity contribution in [3.63, 3.8) is 0 Å². The molecule has 2 N–H and O–H groups in total. The summed E-state index contributed by atoms with van der Waals surface area (Å²) in [6.45, 7) is 4.63. The van der Waals surface area contributed by atoms with Crippen LogP contribution >= 0.6 is 0 Å². The third-order valence-corrected chi connectivity index (χ3v) is 2.89. The van der Waals surface area contributed by atoms with Crippen LogP contribution in [0.2, 0.25) is 0 Å². The van der Waals surface area contributed by atoms with Crippen LogP contribution < -0.4 is 0 Å². The molecule has 0 heterocycles. The van der Waals surface area contributed by atoms with Gasteiger partial charge in [0.2, 0.25) is 0 Å². The van der Waals surface area contributed by atoms with Gasteiger partial charge in [-0.25, -0.2) is 9.78 Å². The molecule has 0 aromatic carbocycles. The Morgan fingerprint density at radius 2 is 1.11 bits per heavy atom. The highest BCUT2D eigenvalue weighted by molar-refractivity contribution is 4.54. The summed E-state index contributed by atoms with van der Waals surface area (Å²) < 4.78 is 0. The van der Waals surface area contributed by atoms with Gasteiger partial charge in [-0.05, 0) is 12.8 Å². The highest BCUT2D eigenvalue weighted by Gasteiger charge is 2.07. The van der Waals surface area contributed by atoms with Crippen LogP contribution in [0.5, 0.6) is 0 Å². The Bertz CT molecular complexity index is 146. The molecule has 0 aromatic rings. The van der Waals surface area contributed by atoms with Gasteiger partial charge in [0.1, 0.15) is 13.2 Å². The maximum Gasteiger partial charge on any atom is 0.108 e. The molecule has 0 saturated heterocycles. The van der Waals surface area contributed by atoms with Crippen molar-refractivity contribution in [2.75, 3.05) is 13.2 Å². The molecule has 0 spiro atoms. The molecule has 0 bridgehead atoms. The Kier molecular flexibility index (Phi) is 13.2. The van der Waals surface area contributed by atoms with Crippen molar-refractivity contribution in [3.05, 3.63) is 0 Å². The van der Waals surface area contributed by atoms with E-state index in [-0.39, 0.29) is 13.2 Å². The van der Waals surface area contributed by atoms with Gasteiger partial charge in [0.05, 0.1) is 12.2 Å². The van der Waals surface area contributed by atoms with Crippen molar-refractivity contribution < 1.29 is 20.0 Å². The summed E-state index contributed by atoms with van der Waals surface area (Å²) in [5.74, 6) is 0. The zero-order chi connectivity index (χ0) is 13.6. The summed E-state index contributed by atoms with van der Waals surface area (Å²) in [5, 5.41) is 19.1. The molecule has 0 saturated carbocycles. The molecule has 4 nitrogen and oxygen atoms in total. The third kappa shape index (κ3) is 12.3. The van der Waals surface area contributed by atoms with Crippen LogP contribution in [0.25, 0.3) is 0 Å². The van der Waals surface area contributed by atoms with E-state index in [0.717, 1.165) is 51.4 Å². The highest BCUT2D eigenvalue weighted by atomic mass is 17.2. The lowest BCUT2D eigenvalue weighted by atomic mass is 10.1. The molecule has 18 heavy (non-hydrogen) atoms. The van der Waals surface area contributed by atoms with Crippen molar-refractivity contribution in [2.24, 2.45) is 0 Å². The largest absolute Gasteiger partial charge is 0.391 e. The first kappa shape index (κ1) is 17.8. The van der Waals surface area contributed by atoms with Gasteiger partial charge in [-0.15, -0.1) is 0 Å². The van der Waals surface area contributed by atoms with Gasteiger partial charge < -0.3 is 10.2 Å². The molecule has 0 aliphatic carbocycles. The number of rotatable bonds is 13. The van der Waals surface area contributed by atoms with Crippen LogP contribution in [0.15, 0.2) is 0 Å². The summed E-state index contributed by atoms with van der Waals surface area (Å²) >= 11 is 0. The maximum absolute atomic E-state index is 9.55. The average molecular weight is 262 g/mol. The van der Waals surface area contributed by atoms with Crippen LogP contribution in [0.3, 0.4) is 0 Å². The molecule has 0 radical (unpaired) electrons. The molecular weight excluding hydrogens is 232 g/mol. The fraction of sp³-hybridized carbons (Fsp3) is 1.00. The lowest BCUT2D eigenvalue weighted by Gasteiger charge is -2.12. The van der Waals surface area contributed by atoms with Gasteiger partial charge in [-0.1, -0.05) is 52.4 Å². The molecule has 110 valence electrons. The quantitative estimate of drug-likeness (QED) is 0.304.